The molecule has 0 saturated heterocycles. The summed E-state index contributed by atoms with van der Waals surface area (Å²) in [4.78, 5) is 4.80. The minimum atomic E-state index is 0.805. The second kappa shape index (κ2) is 19.6. The van der Waals surface area contributed by atoms with Crippen LogP contribution < -0.4 is 9.80 Å². The van der Waals surface area contributed by atoms with Gasteiger partial charge in [-0.05, 0) is 154 Å². The molecule has 428 valence electrons. The minimum Gasteiger partial charge on any atom is -0.455 e. The van der Waals surface area contributed by atoms with E-state index in [1.165, 1.54) is 64.9 Å². The van der Waals surface area contributed by atoms with Crippen LogP contribution in [-0.4, -0.2) is 9.13 Å². The molecule has 0 bridgehead atoms. The highest BCUT2D eigenvalue weighted by molar-refractivity contribution is 6.32. The molecule has 92 heavy (non-hydrogen) atoms. The Morgan fingerprint density at radius 1 is 0.217 bits per heavy atom. The van der Waals surface area contributed by atoms with Crippen LogP contribution in [0.5, 0.6) is 0 Å². The Morgan fingerprint density at radius 2 is 0.543 bits per heavy atom. The van der Waals surface area contributed by atoms with Crippen molar-refractivity contribution < 1.29 is 8.83 Å². The fourth-order valence-electron chi connectivity index (χ4n) is 15.5. The van der Waals surface area contributed by atoms with Crippen LogP contribution in [0.3, 0.4) is 0 Å². The van der Waals surface area contributed by atoms with Crippen molar-refractivity contribution in [2.45, 2.75) is 0 Å². The van der Waals surface area contributed by atoms with E-state index in [2.05, 4.69) is 334 Å². The molecular formula is C86H52N4O2. The van der Waals surface area contributed by atoms with Gasteiger partial charge in [0.2, 0.25) is 0 Å². The molecule has 0 atom stereocenters. The molecule has 0 radical (unpaired) electrons. The molecule has 0 amide bonds. The summed E-state index contributed by atoms with van der Waals surface area (Å²) < 4.78 is 19.2. The Morgan fingerprint density at radius 3 is 0.957 bits per heavy atom. The predicted molar refractivity (Wildman–Crippen MR) is 387 cm³/mol. The highest BCUT2D eigenvalue weighted by atomic mass is 16.3. The Kier molecular flexibility index (Phi) is 10.8. The van der Waals surface area contributed by atoms with Crippen LogP contribution in [0, 0.1) is 0 Å². The van der Waals surface area contributed by atoms with Gasteiger partial charge >= 0.3 is 0 Å². The number of nitrogens with zero attached hydrogens (tertiary/aromatic N) is 4. The summed E-state index contributed by atoms with van der Waals surface area (Å²) in [6.45, 7) is 0. The monoisotopic (exact) mass is 1170 g/mol. The number of hydrogen-bond acceptors (Lipinski definition) is 4. The fourth-order valence-corrected chi connectivity index (χ4v) is 15.5. The summed E-state index contributed by atoms with van der Waals surface area (Å²) in [6, 6.07) is 115. The van der Waals surface area contributed by atoms with Crippen molar-refractivity contribution in [2.24, 2.45) is 0 Å². The lowest BCUT2D eigenvalue weighted by Crippen LogP contribution is -2.10. The third kappa shape index (κ3) is 7.31. The van der Waals surface area contributed by atoms with Crippen LogP contribution in [0.1, 0.15) is 0 Å². The van der Waals surface area contributed by atoms with Gasteiger partial charge in [-0.25, -0.2) is 0 Å². The van der Waals surface area contributed by atoms with Crippen molar-refractivity contribution in [3.63, 3.8) is 0 Å². The Labute approximate surface area is 527 Å². The molecule has 16 aromatic carbocycles. The molecule has 6 nitrogen and oxygen atoms in total. The second-order valence-electron chi connectivity index (χ2n) is 24.3. The number of hydrogen-bond donors (Lipinski definition) is 0. The van der Waals surface area contributed by atoms with Gasteiger partial charge in [0.05, 0.1) is 33.4 Å². The van der Waals surface area contributed by atoms with Crippen molar-refractivity contribution in [3.05, 3.63) is 315 Å². The number of aromatic nitrogens is 2. The first-order chi connectivity index (χ1) is 45.7. The van der Waals surface area contributed by atoms with Crippen molar-refractivity contribution in [3.8, 4) is 11.4 Å². The van der Waals surface area contributed by atoms with Gasteiger partial charge in [-0.3, -0.25) is 0 Å². The SMILES string of the molecule is c1ccc(N(c2ccc3c(c2)oc2c3ccc3c2ccc2c4ccc(N(c5ccccc5)c5cc6c(c7ccccc57)c5c7ccccc7ccc5n6-c5ccccc5)cc4oc23)c2cc3c(c4ccccc24)c2c4ccccc4ccc2n3-c2ccccc2)cc1. The maximum atomic E-state index is 7.18. The van der Waals surface area contributed by atoms with Gasteiger partial charge in [-0.15, -0.1) is 0 Å². The zero-order chi connectivity index (χ0) is 60.1. The van der Waals surface area contributed by atoms with Crippen LogP contribution in [-0.2, 0) is 0 Å². The van der Waals surface area contributed by atoms with E-state index in [0.29, 0.717) is 0 Å². The quantitative estimate of drug-likeness (QED) is 0.152. The van der Waals surface area contributed by atoms with E-state index < -0.39 is 0 Å². The van der Waals surface area contributed by atoms with Gasteiger partial charge in [-0.2, -0.15) is 0 Å². The molecule has 4 aromatic heterocycles. The fraction of sp³-hybridized carbons (Fsp3) is 0. The van der Waals surface area contributed by atoms with Crippen LogP contribution in [0.2, 0.25) is 0 Å². The Balaban J connectivity index is 0.751. The van der Waals surface area contributed by atoms with E-state index in [1.54, 1.807) is 0 Å². The molecule has 20 rings (SSSR count). The number of fused-ring (bicyclic) bond motifs is 23. The molecule has 0 saturated carbocycles. The average Bonchev–Trinajstić information content (AvgIpc) is 1.52. The second-order valence-corrected chi connectivity index (χ2v) is 24.3. The van der Waals surface area contributed by atoms with Gasteiger partial charge in [0.15, 0.2) is 0 Å². The summed E-state index contributed by atoms with van der Waals surface area (Å²) >= 11 is 0. The maximum absolute atomic E-state index is 7.18. The minimum absolute atomic E-state index is 0.805. The molecule has 0 N–H and O–H groups in total. The lowest BCUT2D eigenvalue weighted by molar-refractivity contribution is 0.669. The largest absolute Gasteiger partial charge is 0.455 e. The van der Waals surface area contributed by atoms with Gasteiger partial charge in [0.1, 0.15) is 22.3 Å². The van der Waals surface area contributed by atoms with Crippen molar-refractivity contribution in [1.82, 2.24) is 9.13 Å². The number of para-hydroxylation sites is 4. The zero-order valence-corrected chi connectivity index (χ0v) is 49.6. The topological polar surface area (TPSA) is 42.6 Å². The summed E-state index contributed by atoms with van der Waals surface area (Å²) in [7, 11) is 0. The third-order valence-corrected chi connectivity index (χ3v) is 19.4. The summed E-state index contributed by atoms with van der Waals surface area (Å²) in [5, 5.41) is 20.8. The van der Waals surface area contributed by atoms with E-state index in [1.807, 2.05) is 0 Å². The van der Waals surface area contributed by atoms with Crippen LogP contribution in [0.4, 0.5) is 34.1 Å². The smallest absolute Gasteiger partial charge is 0.143 e. The predicted octanol–water partition coefficient (Wildman–Crippen LogP) is 24.4. The first-order valence-electron chi connectivity index (χ1n) is 31.5. The molecule has 4 heterocycles. The summed E-state index contributed by atoms with van der Waals surface area (Å²) in [5.74, 6) is 0. The number of benzene rings is 16. The van der Waals surface area contributed by atoms with Gasteiger partial charge in [-0.1, -0.05) is 182 Å². The van der Waals surface area contributed by atoms with Crippen molar-refractivity contribution in [2.75, 3.05) is 9.80 Å². The molecule has 0 aliphatic rings. The highest BCUT2D eigenvalue weighted by Crippen LogP contribution is 2.51. The van der Waals surface area contributed by atoms with E-state index >= 15 is 0 Å². The lowest BCUT2D eigenvalue weighted by Gasteiger charge is -2.27. The standard InChI is InChI=1S/C86H52N4O2/c1-5-23-55(24-6-1)87(75-51-77-83(67-35-19-17-33-63(67)75)81-61-31-15-13-21-53(61)37-47-73(81)89(77)57-27-9-3-10-28-57)59-39-41-65-69-43-45-72-71(85(69)91-79(65)49-59)46-44-70-66-42-40-60(50-80(66)92-86(70)72)88(56-25-7-2-8-26-56)76-52-78-84(68-36-20-18-34-64(68)76)82-62-32-16-14-22-54(62)38-48-74(82)90(78)58-29-11-4-12-30-58/h1-52H. The van der Waals surface area contributed by atoms with Crippen molar-refractivity contribution >= 4 is 175 Å². The maximum Gasteiger partial charge on any atom is 0.143 e. The summed E-state index contributed by atoms with van der Waals surface area (Å²) in [6.07, 6.45) is 0. The molecular weight excluding hydrogens is 1120 g/mol. The van der Waals surface area contributed by atoms with Gasteiger partial charge in [0, 0.05) is 111 Å². The molecule has 0 fully saturated rings. The summed E-state index contributed by atoms with van der Waals surface area (Å²) in [5.41, 5.74) is 16.3. The van der Waals surface area contributed by atoms with E-state index in [0.717, 1.165) is 122 Å². The molecule has 0 aliphatic heterocycles. The van der Waals surface area contributed by atoms with Crippen LogP contribution in [0.25, 0.3) is 153 Å². The van der Waals surface area contributed by atoms with E-state index in [4.69, 9.17) is 8.83 Å². The van der Waals surface area contributed by atoms with Gasteiger partial charge < -0.3 is 27.8 Å². The Hall–Kier alpha value is -12.4. The zero-order valence-electron chi connectivity index (χ0n) is 49.6. The van der Waals surface area contributed by atoms with E-state index in [9.17, 15) is 0 Å². The Bertz CT molecular complexity index is 6050. The molecule has 20 aromatic rings. The molecule has 6 heteroatoms. The third-order valence-electron chi connectivity index (χ3n) is 19.4. The van der Waals surface area contributed by atoms with E-state index in [-0.39, 0.29) is 0 Å². The number of furan rings is 2. The highest BCUT2D eigenvalue weighted by Gasteiger charge is 2.27. The number of anilines is 6. The lowest BCUT2D eigenvalue weighted by atomic mass is 9.98. The molecule has 0 spiro atoms. The molecule has 0 aliphatic carbocycles. The molecule has 0 unspecified atom stereocenters. The van der Waals surface area contributed by atoms with Crippen LogP contribution in [0.15, 0.2) is 324 Å². The number of rotatable bonds is 8. The van der Waals surface area contributed by atoms with Crippen LogP contribution >= 0.6 is 0 Å². The first-order valence-corrected chi connectivity index (χ1v) is 31.5. The average molecular weight is 1170 g/mol. The van der Waals surface area contributed by atoms with Gasteiger partial charge in [0.25, 0.3) is 0 Å². The normalized spacial score (nSPS) is 12.1. The van der Waals surface area contributed by atoms with Crippen molar-refractivity contribution in [1.29, 1.82) is 0 Å². The first kappa shape index (κ1) is 50.6.